The van der Waals surface area contributed by atoms with Crippen molar-refractivity contribution < 1.29 is 22.3 Å². The second kappa shape index (κ2) is 9.82. The molecule has 0 aliphatic rings. The molecule has 0 aromatic heterocycles. The van der Waals surface area contributed by atoms with Gasteiger partial charge in [-0.25, -0.2) is 12.8 Å². The van der Waals surface area contributed by atoms with Gasteiger partial charge in [0.1, 0.15) is 11.6 Å². The Morgan fingerprint density at radius 1 is 1.03 bits per heavy atom. The van der Waals surface area contributed by atoms with Crippen LogP contribution in [-0.4, -0.2) is 20.9 Å². The van der Waals surface area contributed by atoms with Gasteiger partial charge in [0.05, 0.1) is 10.6 Å². The highest BCUT2D eigenvalue weighted by atomic mass is 32.2. The van der Waals surface area contributed by atoms with Gasteiger partial charge in [-0.15, -0.1) is 0 Å². The molecule has 0 unspecified atom stereocenters. The molecule has 0 saturated carbocycles. The molecule has 1 amide bonds. The van der Waals surface area contributed by atoms with E-state index in [1.807, 2.05) is 25.1 Å². The third-order valence-electron chi connectivity index (χ3n) is 4.78. The lowest BCUT2D eigenvalue weighted by molar-refractivity contribution is -0.118. The normalized spacial score (nSPS) is 11.3. The van der Waals surface area contributed by atoms with Gasteiger partial charge in [-0.3, -0.25) is 9.52 Å². The van der Waals surface area contributed by atoms with Crippen LogP contribution in [0.1, 0.15) is 30.9 Å². The maximum absolute atomic E-state index is 13.8. The number of carbonyl (C=O) groups is 1. The summed E-state index contributed by atoms with van der Waals surface area (Å²) in [5.41, 5.74) is 2.41. The minimum Gasteiger partial charge on any atom is -0.484 e. The van der Waals surface area contributed by atoms with E-state index in [2.05, 4.69) is 23.9 Å². The van der Waals surface area contributed by atoms with Crippen LogP contribution in [-0.2, 0) is 14.8 Å². The van der Waals surface area contributed by atoms with E-state index in [9.17, 15) is 17.6 Å². The summed E-state index contributed by atoms with van der Waals surface area (Å²) in [4.78, 5) is 12.2. The van der Waals surface area contributed by atoms with Crippen molar-refractivity contribution in [2.24, 2.45) is 0 Å². The number of carbonyl (C=O) groups excluding carboxylic acids is 1. The van der Waals surface area contributed by atoms with Crippen LogP contribution >= 0.6 is 0 Å². The Morgan fingerprint density at radius 3 is 2.47 bits per heavy atom. The third-order valence-corrected chi connectivity index (χ3v) is 6.14. The van der Waals surface area contributed by atoms with Gasteiger partial charge in [-0.1, -0.05) is 38.1 Å². The van der Waals surface area contributed by atoms with Crippen molar-refractivity contribution in [2.75, 3.05) is 16.6 Å². The number of para-hydroxylation sites is 1. The largest absolute Gasteiger partial charge is 0.484 e. The van der Waals surface area contributed by atoms with Gasteiger partial charge >= 0.3 is 0 Å². The number of halogens is 1. The fourth-order valence-electron chi connectivity index (χ4n) is 3.22. The summed E-state index contributed by atoms with van der Waals surface area (Å²) >= 11 is 0. The van der Waals surface area contributed by atoms with Gasteiger partial charge in [-0.2, -0.15) is 0 Å². The molecule has 0 bridgehead atoms. The number of hydrogen-bond acceptors (Lipinski definition) is 4. The minimum absolute atomic E-state index is 0.112. The third kappa shape index (κ3) is 5.85. The van der Waals surface area contributed by atoms with Crippen LogP contribution in [0.2, 0.25) is 0 Å². The highest BCUT2D eigenvalue weighted by Gasteiger charge is 2.17. The molecular weight excluding hydrogens is 431 g/mol. The van der Waals surface area contributed by atoms with Crippen molar-refractivity contribution in [2.45, 2.75) is 31.6 Å². The standard InChI is InChI=1S/C24H25FN2O4S/c1-16(2)21-12-11-19(13-17(21)3)31-15-24(28)26-18-7-6-8-20(14-18)32(29,30)27-23-10-5-4-9-22(23)25/h4-14,16,27H,15H2,1-3H3,(H,26,28). The molecule has 3 aromatic rings. The average Bonchev–Trinajstić information content (AvgIpc) is 2.74. The summed E-state index contributed by atoms with van der Waals surface area (Å²) in [6.45, 7) is 5.97. The van der Waals surface area contributed by atoms with E-state index in [4.69, 9.17) is 4.74 Å². The zero-order valence-corrected chi connectivity index (χ0v) is 18.9. The Balaban J connectivity index is 1.64. The second-order valence-corrected chi connectivity index (χ2v) is 9.31. The topological polar surface area (TPSA) is 84.5 Å². The molecule has 32 heavy (non-hydrogen) atoms. The molecule has 0 aliphatic carbocycles. The fourth-order valence-corrected chi connectivity index (χ4v) is 4.33. The van der Waals surface area contributed by atoms with Crippen molar-refractivity contribution in [3.63, 3.8) is 0 Å². The van der Waals surface area contributed by atoms with Crippen LogP contribution in [0.4, 0.5) is 15.8 Å². The summed E-state index contributed by atoms with van der Waals surface area (Å²) < 4.78 is 46.8. The molecule has 0 aliphatic heterocycles. The maximum Gasteiger partial charge on any atom is 0.262 e. The molecule has 0 saturated heterocycles. The first kappa shape index (κ1) is 23.3. The monoisotopic (exact) mass is 456 g/mol. The van der Waals surface area contributed by atoms with E-state index in [1.165, 1.54) is 42.0 Å². The van der Waals surface area contributed by atoms with Crippen LogP contribution in [0.3, 0.4) is 0 Å². The highest BCUT2D eigenvalue weighted by molar-refractivity contribution is 7.92. The van der Waals surface area contributed by atoms with E-state index in [1.54, 1.807) is 6.07 Å². The zero-order chi connectivity index (χ0) is 23.3. The Kier molecular flexibility index (Phi) is 7.15. The van der Waals surface area contributed by atoms with Crippen molar-refractivity contribution in [1.82, 2.24) is 0 Å². The Morgan fingerprint density at radius 2 is 1.78 bits per heavy atom. The lowest BCUT2D eigenvalue weighted by Crippen LogP contribution is -2.20. The molecule has 0 spiro atoms. The molecule has 6 nitrogen and oxygen atoms in total. The minimum atomic E-state index is -4.04. The molecule has 0 atom stereocenters. The maximum atomic E-state index is 13.8. The van der Waals surface area contributed by atoms with Gasteiger partial charge in [0.25, 0.3) is 15.9 Å². The van der Waals surface area contributed by atoms with Crippen molar-refractivity contribution in [1.29, 1.82) is 0 Å². The molecule has 0 radical (unpaired) electrons. The summed E-state index contributed by atoms with van der Waals surface area (Å²) in [6, 6.07) is 16.8. The van der Waals surface area contributed by atoms with Crippen LogP contribution in [0.25, 0.3) is 0 Å². The first-order valence-corrected chi connectivity index (χ1v) is 11.5. The van der Waals surface area contributed by atoms with Crippen LogP contribution < -0.4 is 14.8 Å². The molecule has 0 fully saturated rings. The van der Waals surface area contributed by atoms with Gasteiger partial charge in [0, 0.05) is 5.69 Å². The first-order valence-electron chi connectivity index (χ1n) is 10.1. The van der Waals surface area contributed by atoms with E-state index in [-0.39, 0.29) is 22.9 Å². The molecule has 3 aromatic carbocycles. The van der Waals surface area contributed by atoms with Crippen molar-refractivity contribution in [3.8, 4) is 5.75 Å². The van der Waals surface area contributed by atoms with Crippen LogP contribution in [0.15, 0.2) is 71.6 Å². The predicted octanol–water partition coefficient (Wildman–Crippen LogP) is 5.08. The fraction of sp³-hybridized carbons (Fsp3) is 0.208. The molecule has 2 N–H and O–H groups in total. The van der Waals surface area contributed by atoms with Gasteiger partial charge in [-0.05, 0) is 66.4 Å². The van der Waals surface area contributed by atoms with Crippen molar-refractivity contribution in [3.05, 3.63) is 83.7 Å². The predicted molar refractivity (Wildman–Crippen MR) is 123 cm³/mol. The number of anilines is 2. The number of rotatable bonds is 8. The van der Waals surface area contributed by atoms with E-state index in [0.29, 0.717) is 11.7 Å². The van der Waals surface area contributed by atoms with Crippen LogP contribution in [0, 0.1) is 12.7 Å². The number of amides is 1. The van der Waals surface area contributed by atoms with E-state index >= 15 is 0 Å². The summed E-state index contributed by atoms with van der Waals surface area (Å²) in [6.07, 6.45) is 0. The smallest absolute Gasteiger partial charge is 0.262 e. The van der Waals surface area contributed by atoms with Crippen molar-refractivity contribution >= 4 is 27.3 Å². The molecule has 168 valence electrons. The number of hydrogen-bond donors (Lipinski definition) is 2. The number of ether oxygens (including phenoxy) is 1. The summed E-state index contributed by atoms with van der Waals surface area (Å²) in [5, 5.41) is 2.61. The van der Waals surface area contributed by atoms with Gasteiger partial charge in [0.2, 0.25) is 0 Å². The summed E-state index contributed by atoms with van der Waals surface area (Å²) in [5.74, 6) is -0.155. The number of aryl methyl sites for hydroxylation is 1. The Hall–Kier alpha value is -3.39. The Bertz CT molecular complexity index is 1230. The lowest BCUT2D eigenvalue weighted by atomic mass is 9.98. The number of nitrogens with one attached hydrogen (secondary N) is 2. The highest BCUT2D eigenvalue weighted by Crippen LogP contribution is 2.24. The lowest BCUT2D eigenvalue weighted by Gasteiger charge is -2.13. The first-order chi connectivity index (χ1) is 15.2. The second-order valence-electron chi connectivity index (χ2n) is 7.62. The SMILES string of the molecule is Cc1cc(OCC(=O)Nc2cccc(S(=O)(=O)Nc3ccccc3F)c2)ccc1C(C)C. The molecule has 0 heterocycles. The van der Waals surface area contributed by atoms with Crippen LogP contribution in [0.5, 0.6) is 5.75 Å². The molecule has 8 heteroatoms. The number of benzene rings is 3. The number of sulfonamides is 1. The average molecular weight is 457 g/mol. The molecule has 3 rings (SSSR count). The van der Waals surface area contributed by atoms with Gasteiger partial charge in [0.15, 0.2) is 6.61 Å². The van der Waals surface area contributed by atoms with E-state index < -0.39 is 21.7 Å². The Labute approximate surface area is 187 Å². The van der Waals surface area contributed by atoms with Gasteiger partial charge < -0.3 is 10.1 Å². The zero-order valence-electron chi connectivity index (χ0n) is 18.1. The van der Waals surface area contributed by atoms with E-state index in [0.717, 1.165) is 11.6 Å². The summed E-state index contributed by atoms with van der Waals surface area (Å²) in [7, 11) is -4.04. The quantitative estimate of drug-likeness (QED) is 0.495. The molecular formula is C24H25FN2O4S.